The van der Waals surface area contributed by atoms with E-state index in [1.165, 1.54) is 13.2 Å². The van der Waals surface area contributed by atoms with Gasteiger partial charge in [0.05, 0.1) is 14.2 Å². The number of anilines is 1. The van der Waals surface area contributed by atoms with Crippen molar-refractivity contribution in [2.24, 2.45) is 0 Å². The van der Waals surface area contributed by atoms with Gasteiger partial charge in [0, 0.05) is 29.3 Å². The van der Waals surface area contributed by atoms with Gasteiger partial charge in [-0.05, 0) is 43.7 Å². The van der Waals surface area contributed by atoms with Crippen LogP contribution in [0.15, 0.2) is 51.7 Å². The largest absolute Gasteiger partial charge is 0.493 e. The Bertz CT molecular complexity index is 1070. The third kappa shape index (κ3) is 4.09. The molecule has 1 atom stereocenters. The molecule has 0 aliphatic rings. The highest BCUT2D eigenvalue weighted by atomic mass is 16.5. The van der Waals surface area contributed by atoms with Crippen LogP contribution in [0.1, 0.15) is 12.5 Å². The number of hydrogen-bond acceptors (Lipinski definition) is 6. The molecule has 7 nitrogen and oxygen atoms in total. The van der Waals surface area contributed by atoms with Crippen LogP contribution in [0.5, 0.6) is 17.2 Å². The Labute approximate surface area is 161 Å². The Kier molecular flexibility index (Phi) is 5.54. The second-order valence-corrected chi connectivity index (χ2v) is 6.23. The topological polar surface area (TPSA) is 87.0 Å². The van der Waals surface area contributed by atoms with E-state index < -0.39 is 11.7 Å². The number of ether oxygens (including phenoxy) is 3. The summed E-state index contributed by atoms with van der Waals surface area (Å²) in [6.07, 6.45) is -0.776. The van der Waals surface area contributed by atoms with E-state index in [0.717, 1.165) is 10.9 Å². The van der Waals surface area contributed by atoms with Crippen molar-refractivity contribution in [1.29, 1.82) is 0 Å². The van der Waals surface area contributed by atoms with Crippen LogP contribution in [-0.2, 0) is 4.79 Å². The first-order chi connectivity index (χ1) is 13.4. The molecular weight excluding hydrogens is 362 g/mol. The van der Waals surface area contributed by atoms with Gasteiger partial charge in [0.25, 0.3) is 5.91 Å². The molecule has 146 valence electrons. The Morgan fingerprint density at radius 1 is 1.04 bits per heavy atom. The first-order valence-electron chi connectivity index (χ1n) is 8.65. The molecule has 0 saturated heterocycles. The highest BCUT2D eigenvalue weighted by Crippen LogP contribution is 2.30. The van der Waals surface area contributed by atoms with Gasteiger partial charge < -0.3 is 23.9 Å². The van der Waals surface area contributed by atoms with Crippen LogP contribution >= 0.6 is 0 Å². The molecule has 2 aromatic carbocycles. The molecule has 0 aliphatic carbocycles. The van der Waals surface area contributed by atoms with E-state index in [9.17, 15) is 9.59 Å². The molecule has 3 aromatic rings. The van der Waals surface area contributed by atoms with E-state index in [1.54, 1.807) is 50.4 Å². The van der Waals surface area contributed by atoms with Crippen LogP contribution in [-0.4, -0.2) is 26.2 Å². The Hall–Kier alpha value is -3.48. The number of rotatable bonds is 6. The highest BCUT2D eigenvalue weighted by molar-refractivity contribution is 5.94. The van der Waals surface area contributed by atoms with Gasteiger partial charge in [-0.15, -0.1) is 0 Å². The molecule has 1 N–H and O–H groups in total. The third-order valence-electron chi connectivity index (χ3n) is 4.26. The van der Waals surface area contributed by atoms with Crippen molar-refractivity contribution < 1.29 is 23.4 Å². The molecule has 7 heteroatoms. The van der Waals surface area contributed by atoms with Crippen molar-refractivity contribution in [1.82, 2.24) is 0 Å². The molecule has 1 heterocycles. The number of aryl methyl sites for hydroxylation is 1. The molecule has 28 heavy (non-hydrogen) atoms. The lowest BCUT2D eigenvalue weighted by Gasteiger charge is -2.16. The SMILES string of the molecule is COc1ccc(NC(=O)C(C)Oc2ccc3c(C)cc(=O)oc3c2)cc1OC. The third-order valence-corrected chi connectivity index (χ3v) is 4.26. The molecule has 1 aromatic heterocycles. The molecule has 0 spiro atoms. The van der Waals surface area contributed by atoms with Crippen molar-refractivity contribution in [2.75, 3.05) is 19.5 Å². The smallest absolute Gasteiger partial charge is 0.336 e. The lowest BCUT2D eigenvalue weighted by molar-refractivity contribution is -0.122. The number of nitrogens with one attached hydrogen (secondary N) is 1. The standard InChI is InChI=1S/C21H21NO6/c1-12-9-20(23)28-18-11-15(6-7-16(12)18)27-13(2)21(24)22-14-5-8-17(25-3)19(10-14)26-4/h5-11,13H,1-4H3,(H,22,24). The van der Waals surface area contributed by atoms with Crippen molar-refractivity contribution >= 4 is 22.6 Å². The van der Waals surface area contributed by atoms with Gasteiger partial charge in [0.1, 0.15) is 11.3 Å². The van der Waals surface area contributed by atoms with Crippen molar-refractivity contribution in [3.63, 3.8) is 0 Å². The van der Waals surface area contributed by atoms with Crippen molar-refractivity contribution in [3.05, 3.63) is 58.4 Å². The predicted octanol–water partition coefficient (Wildman–Crippen LogP) is 3.52. The number of amides is 1. The fourth-order valence-corrected chi connectivity index (χ4v) is 2.79. The Morgan fingerprint density at radius 3 is 2.50 bits per heavy atom. The summed E-state index contributed by atoms with van der Waals surface area (Å²) >= 11 is 0. The second-order valence-electron chi connectivity index (χ2n) is 6.23. The number of fused-ring (bicyclic) bond motifs is 1. The molecule has 0 bridgehead atoms. The zero-order chi connectivity index (χ0) is 20.3. The van der Waals surface area contributed by atoms with Crippen molar-refractivity contribution in [2.45, 2.75) is 20.0 Å². The van der Waals surface area contributed by atoms with Gasteiger partial charge in [-0.1, -0.05) is 0 Å². The predicted molar refractivity (Wildman–Crippen MR) is 105 cm³/mol. The number of hydrogen-bond donors (Lipinski definition) is 1. The first kappa shape index (κ1) is 19.3. The summed E-state index contributed by atoms with van der Waals surface area (Å²) in [6, 6.07) is 11.6. The minimum absolute atomic E-state index is 0.335. The summed E-state index contributed by atoms with van der Waals surface area (Å²) in [7, 11) is 3.06. The van der Waals surface area contributed by atoms with Gasteiger partial charge in [-0.2, -0.15) is 0 Å². The molecule has 3 rings (SSSR count). The summed E-state index contributed by atoms with van der Waals surface area (Å²) in [6.45, 7) is 3.46. The maximum Gasteiger partial charge on any atom is 0.336 e. The average Bonchev–Trinajstić information content (AvgIpc) is 2.67. The van der Waals surface area contributed by atoms with Gasteiger partial charge in [-0.25, -0.2) is 4.79 Å². The maximum absolute atomic E-state index is 12.5. The van der Waals surface area contributed by atoms with Crippen LogP contribution in [0.2, 0.25) is 0 Å². The fraction of sp³-hybridized carbons (Fsp3) is 0.238. The van der Waals surface area contributed by atoms with E-state index >= 15 is 0 Å². The van der Waals surface area contributed by atoms with Gasteiger partial charge in [0.15, 0.2) is 17.6 Å². The minimum Gasteiger partial charge on any atom is -0.493 e. The molecular formula is C21H21NO6. The van der Waals surface area contributed by atoms with E-state index in [1.807, 2.05) is 6.92 Å². The summed E-state index contributed by atoms with van der Waals surface area (Å²) in [5.74, 6) is 1.17. The molecule has 0 fully saturated rings. The van der Waals surface area contributed by atoms with Gasteiger partial charge in [-0.3, -0.25) is 4.79 Å². The normalized spacial score (nSPS) is 11.7. The van der Waals surface area contributed by atoms with Gasteiger partial charge >= 0.3 is 5.63 Å². The summed E-state index contributed by atoms with van der Waals surface area (Å²) < 4.78 is 21.3. The van der Waals surface area contributed by atoms with E-state index in [0.29, 0.717) is 28.5 Å². The van der Waals surface area contributed by atoms with E-state index in [-0.39, 0.29) is 5.91 Å². The van der Waals surface area contributed by atoms with Crippen LogP contribution in [0.4, 0.5) is 5.69 Å². The Morgan fingerprint density at radius 2 is 1.79 bits per heavy atom. The average molecular weight is 383 g/mol. The van der Waals surface area contributed by atoms with E-state index in [2.05, 4.69) is 5.32 Å². The lowest BCUT2D eigenvalue weighted by Crippen LogP contribution is -2.30. The number of carbonyl (C=O) groups excluding carboxylic acids is 1. The molecule has 0 saturated carbocycles. The zero-order valence-corrected chi connectivity index (χ0v) is 16.1. The molecule has 1 amide bonds. The number of benzene rings is 2. The summed E-state index contributed by atoms with van der Waals surface area (Å²) in [4.78, 5) is 24.0. The number of carbonyl (C=O) groups is 1. The first-order valence-corrected chi connectivity index (χ1v) is 8.65. The highest BCUT2D eigenvalue weighted by Gasteiger charge is 2.16. The molecule has 0 radical (unpaired) electrons. The van der Waals surface area contributed by atoms with Crippen LogP contribution in [0.3, 0.4) is 0 Å². The fourth-order valence-electron chi connectivity index (χ4n) is 2.79. The summed E-state index contributed by atoms with van der Waals surface area (Å²) in [5, 5.41) is 3.58. The van der Waals surface area contributed by atoms with Crippen molar-refractivity contribution in [3.8, 4) is 17.2 Å². The monoisotopic (exact) mass is 383 g/mol. The lowest BCUT2D eigenvalue weighted by atomic mass is 10.1. The summed E-state index contributed by atoms with van der Waals surface area (Å²) in [5.41, 5.74) is 1.35. The van der Waals surface area contributed by atoms with Crippen LogP contribution in [0, 0.1) is 6.92 Å². The van der Waals surface area contributed by atoms with Crippen LogP contribution < -0.4 is 25.2 Å². The second kappa shape index (κ2) is 8.04. The quantitative estimate of drug-likeness (QED) is 0.656. The number of methoxy groups -OCH3 is 2. The Balaban J connectivity index is 1.74. The molecule has 1 unspecified atom stereocenters. The molecule has 0 aliphatic heterocycles. The zero-order valence-electron chi connectivity index (χ0n) is 16.1. The van der Waals surface area contributed by atoms with Crippen LogP contribution in [0.25, 0.3) is 11.0 Å². The maximum atomic E-state index is 12.5. The van der Waals surface area contributed by atoms with E-state index in [4.69, 9.17) is 18.6 Å². The minimum atomic E-state index is -0.776. The van der Waals surface area contributed by atoms with Gasteiger partial charge in [0.2, 0.25) is 0 Å².